The molecule has 1 aromatic rings. The molecular formula is C16H15NO4. The average Bonchev–Trinajstić information content (AvgIpc) is 3.15. The minimum absolute atomic E-state index is 0.161. The first-order chi connectivity index (χ1) is 10.2. The van der Waals surface area contributed by atoms with E-state index < -0.39 is 0 Å². The van der Waals surface area contributed by atoms with E-state index >= 15 is 0 Å². The maximum atomic E-state index is 12.6. The van der Waals surface area contributed by atoms with Gasteiger partial charge in [0.05, 0.1) is 36.3 Å². The molecule has 4 rings (SSSR count). The van der Waals surface area contributed by atoms with E-state index in [1.807, 2.05) is 19.1 Å². The highest BCUT2D eigenvalue weighted by Gasteiger charge is 2.60. The van der Waals surface area contributed by atoms with Gasteiger partial charge in [-0.15, -0.1) is 0 Å². The van der Waals surface area contributed by atoms with Crippen LogP contribution < -0.4 is 9.64 Å². The summed E-state index contributed by atoms with van der Waals surface area (Å²) >= 11 is 0. The Hall–Kier alpha value is -2.14. The third kappa shape index (κ3) is 1.67. The molecular weight excluding hydrogens is 270 g/mol. The molecule has 2 fully saturated rings. The standard InChI is InChI=1S/C16H15NO4/c1-2-20-10-5-3-9(4-6-10)17-15(18)13-11-7-8-12(21-11)14(13)16(17)19/h3-8,11-14H,2H2,1H3. The molecule has 0 aliphatic carbocycles. The summed E-state index contributed by atoms with van der Waals surface area (Å²) in [5, 5.41) is 0. The Morgan fingerprint density at radius 3 is 2.14 bits per heavy atom. The normalized spacial score (nSPS) is 32.9. The number of fused-ring (bicyclic) bond motifs is 5. The summed E-state index contributed by atoms with van der Waals surface area (Å²) in [7, 11) is 0. The number of nitrogens with zero attached hydrogens (tertiary/aromatic N) is 1. The van der Waals surface area contributed by atoms with Gasteiger partial charge in [0.1, 0.15) is 5.75 Å². The van der Waals surface area contributed by atoms with Gasteiger partial charge in [0.15, 0.2) is 0 Å². The number of imide groups is 1. The fourth-order valence-electron chi connectivity index (χ4n) is 3.42. The summed E-state index contributed by atoms with van der Waals surface area (Å²) in [5.74, 6) is -0.319. The molecule has 0 aromatic heterocycles. The number of carbonyl (C=O) groups is 2. The summed E-state index contributed by atoms with van der Waals surface area (Å²) < 4.78 is 11.0. The Bertz CT molecular complexity index is 606. The number of carbonyl (C=O) groups excluding carboxylic acids is 2. The third-order valence-electron chi connectivity index (χ3n) is 4.32. The van der Waals surface area contributed by atoms with Gasteiger partial charge in [-0.1, -0.05) is 12.2 Å². The van der Waals surface area contributed by atoms with E-state index in [0.717, 1.165) is 5.75 Å². The Morgan fingerprint density at radius 1 is 1.05 bits per heavy atom. The molecule has 2 amide bonds. The average molecular weight is 285 g/mol. The van der Waals surface area contributed by atoms with Gasteiger partial charge in [0.25, 0.3) is 0 Å². The molecule has 3 aliphatic rings. The number of hydrogen-bond acceptors (Lipinski definition) is 4. The van der Waals surface area contributed by atoms with Gasteiger partial charge < -0.3 is 9.47 Å². The SMILES string of the molecule is CCOc1ccc(N2C(=O)C3C4C=CC(O4)C3C2=O)cc1. The zero-order valence-electron chi connectivity index (χ0n) is 11.6. The van der Waals surface area contributed by atoms with Crippen LogP contribution in [0, 0.1) is 11.8 Å². The van der Waals surface area contributed by atoms with Crippen LogP contribution in [0.3, 0.4) is 0 Å². The van der Waals surface area contributed by atoms with Gasteiger partial charge in [-0.25, -0.2) is 4.90 Å². The van der Waals surface area contributed by atoms with Crippen molar-refractivity contribution in [1.82, 2.24) is 0 Å². The molecule has 3 heterocycles. The zero-order chi connectivity index (χ0) is 14.6. The van der Waals surface area contributed by atoms with E-state index in [1.54, 1.807) is 24.3 Å². The van der Waals surface area contributed by atoms with E-state index in [4.69, 9.17) is 9.47 Å². The molecule has 0 spiro atoms. The summed E-state index contributed by atoms with van der Waals surface area (Å²) in [6.45, 7) is 2.49. The lowest BCUT2D eigenvalue weighted by molar-refractivity contribution is -0.124. The predicted octanol–water partition coefficient (Wildman–Crippen LogP) is 1.53. The molecule has 2 bridgehead atoms. The van der Waals surface area contributed by atoms with Gasteiger partial charge in [-0.3, -0.25) is 9.59 Å². The molecule has 0 saturated carbocycles. The number of rotatable bonds is 3. The Morgan fingerprint density at radius 2 is 1.62 bits per heavy atom. The first kappa shape index (κ1) is 12.6. The molecule has 2 saturated heterocycles. The Kier molecular flexibility index (Phi) is 2.65. The van der Waals surface area contributed by atoms with Crippen molar-refractivity contribution >= 4 is 17.5 Å². The first-order valence-electron chi connectivity index (χ1n) is 7.15. The van der Waals surface area contributed by atoms with Crippen molar-refractivity contribution in [2.75, 3.05) is 11.5 Å². The van der Waals surface area contributed by atoms with Crippen LogP contribution in [0.15, 0.2) is 36.4 Å². The Balaban J connectivity index is 1.64. The number of ether oxygens (including phenoxy) is 2. The maximum Gasteiger partial charge on any atom is 0.240 e. The van der Waals surface area contributed by atoms with Crippen LogP contribution in [0.25, 0.3) is 0 Å². The zero-order valence-corrected chi connectivity index (χ0v) is 11.6. The van der Waals surface area contributed by atoms with Crippen LogP contribution >= 0.6 is 0 Å². The highest BCUT2D eigenvalue weighted by Crippen LogP contribution is 2.46. The molecule has 0 radical (unpaired) electrons. The molecule has 1 aromatic carbocycles. The lowest BCUT2D eigenvalue weighted by Gasteiger charge is -2.17. The summed E-state index contributed by atoms with van der Waals surface area (Å²) in [6.07, 6.45) is 3.28. The molecule has 21 heavy (non-hydrogen) atoms. The number of hydrogen-bond donors (Lipinski definition) is 0. The topological polar surface area (TPSA) is 55.8 Å². The monoisotopic (exact) mass is 285 g/mol. The molecule has 5 heteroatoms. The summed E-state index contributed by atoms with van der Waals surface area (Å²) in [4.78, 5) is 26.4. The van der Waals surface area contributed by atoms with Gasteiger partial charge in [-0.2, -0.15) is 0 Å². The van der Waals surface area contributed by atoms with E-state index in [0.29, 0.717) is 12.3 Å². The van der Waals surface area contributed by atoms with Gasteiger partial charge in [-0.05, 0) is 31.2 Å². The second-order valence-corrected chi connectivity index (χ2v) is 5.44. The molecule has 4 atom stereocenters. The van der Waals surface area contributed by atoms with E-state index in [2.05, 4.69) is 0 Å². The van der Waals surface area contributed by atoms with Crippen molar-refractivity contribution in [3.8, 4) is 5.75 Å². The van der Waals surface area contributed by atoms with E-state index in [1.165, 1.54) is 4.90 Å². The molecule has 5 nitrogen and oxygen atoms in total. The van der Waals surface area contributed by atoms with Crippen molar-refractivity contribution in [3.63, 3.8) is 0 Å². The van der Waals surface area contributed by atoms with Crippen LogP contribution in [-0.4, -0.2) is 30.6 Å². The van der Waals surface area contributed by atoms with Crippen molar-refractivity contribution in [2.45, 2.75) is 19.1 Å². The van der Waals surface area contributed by atoms with Gasteiger partial charge in [0, 0.05) is 0 Å². The lowest BCUT2D eigenvalue weighted by Crippen LogP contribution is -2.34. The predicted molar refractivity (Wildman–Crippen MR) is 74.9 cm³/mol. The smallest absolute Gasteiger partial charge is 0.240 e. The molecule has 4 unspecified atom stereocenters. The maximum absolute atomic E-state index is 12.6. The van der Waals surface area contributed by atoms with Crippen LogP contribution in [0.4, 0.5) is 5.69 Å². The minimum Gasteiger partial charge on any atom is -0.494 e. The fourth-order valence-corrected chi connectivity index (χ4v) is 3.42. The molecule has 0 N–H and O–H groups in total. The second kappa shape index (κ2) is 4.43. The minimum atomic E-state index is -0.362. The van der Waals surface area contributed by atoms with Crippen molar-refractivity contribution in [2.24, 2.45) is 11.8 Å². The van der Waals surface area contributed by atoms with Crippen molar-refractivity contribution in [1.29, 1.82) is 0 Å². The third-order valence-corrected chi connectivity index (χ3v) is 4.32. The largest absolute Gasteiger partial charge is 0.494 e. The highest BCUT2D eigenvalue weighted by molar-refractivity contribution is 6.23. The van der Waals surface area contributed by atoms with Crippen molar-refractivity contribution < 1.29 is 19.1 Å². The first-order valence-corrected chi connectivity index (χ1v) is 7.15. The second-order valence-electron chi connectivity index (χ2n) is 5.44. The van der Waals surface area contributed by atoms with Crippen LogP contribution in [0.5, 0.6) is 5.75 Å². The highest BCUT2D eigenvalue weighted by atomic mass is 16.5. The lowest BCUT2D eigenvalue weighted by atomic mass is 9.85. The molecule has 3 aliphatic heterocycles. The molecule has 108 valence electrons. The van der Waals surface area contributed by atoms with Crippen molar-refractivity contribution in [3.05, 3.63) is 36.4 Å². The summed E-state index contributed by atoms with van der Waals surface area (Å²) in [6, 6.07) is 7.05. The number of benzene rings is 1. The van der Waals surface area contributed by atoms with E-state index in [-0.39, 0.29) is 35.9 Å². The fraction of sp³-hybridized carbons (Fsp3) is 0.375. The van der Waals surface area contributed by atoms with E-state index in [9.17, 15) is 9.59 Å². The number of amides is 2. The van der Waals surface area contributed by atoms with Crippen LogP contribution in [0.1, 0.15) is 6.92 Å². The Labute approximate surface area is 122 Å². The van der Waals surface area contributed by atoms with Crippen LogP contribution in [-0.2, 0) is 14.3 Å². The quantitative estimate of drug-likeness (QED) is 0.624. The van der Waals surface area contributed by atoms with Crippen LogP contribution in [0.2, 0.25) is 0 Å². The number of anilines is 1. The van der Waals surface area contributed by atoms with Gasteiger partial charge in [0.2, 0.25) is 11.8 Å². The van der Waals surface area contributed by atoms with Gasteiger partial charge >= 0.3 is 0 Å². The summed E-state index contributed by atoms with van der Waals surface area (Å²) in [5.41, 5.74) is 0.599.